The van der Waals surface area contributed by atoms with Crippen LogP contribution in [-0.4, -0.2) is 30.6 Å². The summed E-state index contributed by atoms with van der Waals surface area (Å²) in [5, 5.41) is 3.48. The summed E-state index contributed by atoms with van der Waals surface area (Å²) in [5.74, 6) is 1.53. The van der Waals surface area contributed by atoms with E-state index in [2.05, 4.69) is 17.1 Å². The molecule has 0 aliphatic carbocycles. The molecule has 0 radical (unpaired) electrons. The van der Waals surface area contributed by atoms with Crippen LogP contribution >= 0.6 is 0 Å². The van der Waals surface area contributed by atoms with E-state index in [0.29, 0.717) is 6.04 Å². The highest BCUT2D eigenvalue weighted by Crippen LogP contribution is 2.35. The van der Waals surface area contributed by atoms with Gasteiger partial charge in [-0.2, -0.15) is 0 Å². The number of hydrogen-bond acceptors (Lipinski definition) is 2. The molecule has 0 amide bonds. The summed E-state index contributed by atoms with van der Waals surface area (Å²) in [7, 11) is 0. The fraction of sp³-hybridized carbons (Fsp3) is 0.625. The van der Waals surface area contributed by atoms with Crippen molar-refractivity contribution in [3.8, 4) is 0 Å². The number of hydrogen-bond donors (Lipinski definition) is 1. The van der Waals surface area contributed by atoms with Crippen LogP contribution in [0.4, 0.5) is 8.78 Å². The third-order valence-electron chi connectivity index (χ3n) is 4.86. The molecule has 2 heterocycles. The molecular formula is C16H22F2N2. The molecule has 1 aromatic carbocycles. The van der Waals surface area contributed by atoms with Crippen LogP contribution in [0.5, 0.6) is 0 Å². The smallest absolute Gasteiger partial charge is 0.263 e. The minimum Gasteiger partial charge on any atom is -0.316 e. The molecule has 2 fully saturated rings. The minimum atomic E-state index is -2.37. The van der Waals surface area contributed by atoms with Gasteiger partial charge < -0.3 is 5.32 Å². The van der Waals surface area contributed by atoms with E-state index in [9.17, 15) is 8.78 Å². The highest BCUT2D eigenvalue weighted by atomic mass is 19.3. The monoisotopic (exact) mass is 280 g/mol. The zero-order chi connectivity index (χ0) is 14.1. The van der Waals surface area contributed by atoms with E-state index in [1.54, 1.807) is 12.1 Å². The van der Waals surface area contributed by atoms with Crippen LogP contribution in [0.15, 0.2) is 24.3 Å². The van der Waals surface area contributed by atoms with Gasteiger partial charge in [-0.3, -0.25) is 4.90 Å². The Morgan fingerprint density at radius 1 is 1.25 bits per heavy atom. The lowest BCUT2D eigenvalue weighted by Crippen LogP contribution is -2.34. The average molecular weight is 280 g/mol. The summed E-state index contributed by atoms with van der Waals surface area (Å²) in [6.45, 7) is 6.52. The van der Waals surface area contributed by atoms with Crippen LogP contribution < -0.4 is 5.32 Å². The van der Waals surface area contributed by atoms with Crippen LogP contribution in [-0.2, 0) is 6.54 Å². The second kappa shape index (κ2) is 5.78. The van der Waals surface area contributed by atoms with E-state index in [-0.39, 0.29) is 5.56 Å². The SMILES string of the molecule is CCC1C2CNCC2CN1Cc1ccc(C(F)F)cc1. The maximum atomic E-state index is 12.6. The molecule has 3 rings (SSSR count). The summed E-state index contributed by atoms with van der Waals surface area (Å²) in [4.78, 5) is 2.54. The number of benzene rings is 1. The fourth-order valence-electron chi connectivity index (χ4n) is 3.86. The summed E-state index contributed by atoms with van der Waals surface area (Å²) >= 11 is 0. The van der Waals surface area contributed by atoms with Gasteiger partial charge in [0.05, 0.1) is 0 Å². The number of alkyl halides is 2. The summed E-state index contributed by atoms with van der Waals surface area (Å²) < 4.78 is 25.1. The molecule has 2 nitrogen and oxygen atoms in total. The first-order chi connectivity index (χ1) is 9.69. The van der Waals surface area contributed by atoms with Gasteiger partial charge in [0.2, 0.25) is 0 Å². The van der Waals surface area contributed by atoms with E-state index in [1.807, 2.05) is 12.1 Å². The van der Waals surface area contributed by atoms with Crippen molar-refractivity contribution in [1.29, 1.82) is 0 Å². The number of rotatable bonds is 4. The van der Waals surface area contributed by atoms with Crippen molar-refractivity contribution < 1.29 is 8.78 Å². The van der Waals surface area contributed by atoms with Gasteiger partial charge in [-0.05, 0) is 36.9 Å². The lowest BCUT2D eigenvalue weighted by molar-refractivity contribution is 0.151. The predicted molar refractivity (Wildman–Crippen MR) is 75.7 cm³/mol. The number of fused-ring (bicyclic) bond motifs is 1. The molecule has 1 N–H and O–H groups in total. The molecule has 20 heavy (non-hydrogen) atoms. The van der Waals surface area contributed by atoms with Gasteiger partial charge in [0.25, 0.3) is 6.43 Å². The highest BCUT2D eigenvalue weighted by molar-refractivity contribution is 5.23. The van der Waals surface area contributed by atoms with Crippen LogP contribution in [0.2, 0.25) is 0 Å². The normalized spacial score (nSPS) is 30.1. The van der Waals surface area contributed by atoms with Crippen LogP contribution in [0.1, 0.15) is 30.9 Å². The largest absolute Gasteiger partial charge is 0.316 e. The van der Waals surface area contributed by atoms with Gasteiger partial charge in [-0.25, -0.2) is 8.78 Å². The Labute approximate surface area is 119 Å². The van der Waals surface area contributed by atoms with Crippen molar-refractivity contribution in [2.45, 2.75) is 32.4 Å². The van der Waals surface area contributed by atoms with E-state index >= 15 is 0 Å². The average Bonchev–Trinajstić information content (AvgIpc) is 2.99. The number of nitrogens with one attached hydrogen (secondary N) is 1. The van der Waals surface area contributed by atoms with E-state index in [4.69, 9.17) is 0 Å². The molecule has 0 spiro atoms. The molecule has 2 aliphatic heterocycles. The van der Waals surface area contributed by atoms with Gasteiger partial charge in [-0.1, -0.05) is 31.2 Å². The third-order valence-corrected chi connectivity index (χ3v) is 4.86. The highest BCUT2D eigenvalue weighted by Gasteiger charge is 2.42. The lowest BCUT2D eigenvalue weighted by atomic mass is 9.93. The number of nitrogens with zero attached hydrogens (tertiary/aromatic N) is 1. The Hall–Kier alpha value is -1.00. The second-order valence-corrected chi connectivity index (χ2v) is 6.03. The quantitative estimate of drug-likeness (QED) is 0.912. The fourth-order valence-corrected chi connectivity index (χ4v) is 3.86. The maximum Gasteiger partial charge on any atom is 0.263 e. The van der Waals surface area contributed by atoms with Crippen molar-refractivity contribution >= 4 is 0 Å². The van der Waals surface area contributed by atoms with Gasteiger partial charge in [-0.15, -0.1) is 0 Å². The zero-order valence-electron chi connectivity index (χ0n) is 11.9. The Balaban J connectivity index is 1.68. The first-order valence-electron chi connectivity index (χ1n) is 7.50. The lowest BCUT2D eigenvalue weighted by Gasteiger charge is -2.26. The maximum absolute atomic E-state index is 12.6. The third kappa shape index (κ3) is 2.59. The van der Waals surface area contributed by atoms with Crippen LogP contribution in [0.3, 0.4) is 0 Å². The topological polar surface area (TPSA) is 15.3 Å². The molecule has 0 bridgehead atoms. The van der Waals surface area contributed by atoms with Gasteiger partial charge in [0, 0.05) is 24.7 Å². The Bertz CT molecular complexity index is 446. The van der Waals surface area contributed by atoms with Crippen molar-refractivity contribution in [3.63, 3.8) is 0 Å². The molecule has 2 aliphatic rings. The second-order valence-electron chi connectivity index (χ2n) is 6.03. The molecule has 2 saturated heterocycles. The summed E-state index contributed by atoms with van der Waals surface area (Å²) in [6, 6.07) is 7.43. The zero-order valence-corrected chi connectivity index (χ0v) is 11.9. The van der Waals surface area contributed by atoms with Gasteiger partial charge >= 0.3 is 0 Å². The first-order valence-corrected chi connectivity index (χ1v) is 7.50. The van der Waals surface area contributed by atoms with Gasteiger partial charge in [0.15, 0.2) is 0 Å². The minimum absolute atomic E-state index is 0.114. The number of halogens is 2. The molecule has 3 atom stereocenters. The van der Waals surface area contributed by atoms with E-state index in [1.165, 1.54) is 0 Å². The first kappa shape index (κ1) is 14.0. The van der Waals surface area contributed by atoms with Crippen molar-refractivity contribution in [2.75, 3.05) is 19.6 Å². The van der Waals surface area contributed by atoms with Crippen molar-refractivity contribution in [1.82, 2.24) is 10.2 Å². The van der Waals surface area contributed by atoms with E-state index in [0.717, 1.165) is 50.0 Å². The Kier molecular flexibility index (Phi) is 4.03. The predicted octanol–water partition coefficient (Wildman–Crippen LogP) is 3.05. The van der Waals surface area contributed by atoms with E-state index < -0.39 is 6.43 Å². The molecule has 4 heteroatoms. The summed E-state index contributed by atoms with van der Waals surface area (Å²) in [6.07, 6.45) is -1.21. The van der Waals surface area contributed by atoms with Crippen molar-refractivity contribution in [2.24, 2.45) is 11.8 Å². The molecule has 110 valence electrons. The molecule has 0 saturated carbocycles. The molecule has 1 aromatic rings. The van der Waals surface area contributed by atoms with Gasteiger partial charge in [0.1, 0.15) is 0 Å². The Morgan fingerprint density at radius 2 is 2.00 bits per heavy atom. The molecule has 0 aromatic heterocycles. The van der Waals surface area contributed by atoms with Crippen LogP contribution in [0, 0.1) is 11.8 Å². The number of likely N-dealkylation sites (tertiary alicyclic amines) is 1. The standard InChI is InChI=1S/C16H22F2N2/c1-2-15-14-8-19-7-13(14)10-20(15)9-11-3-5-12(6-4-11)16(17)18/h3-6,13-16,19H,2,7-10H2,1H3. The summed E-state index contributed by atoms with van der Waals surface area (Å²) in [5.41, 5.74) is 1.25. The molecule has 3 unspecified atom stereocenters. The Morgan fingerprint density at radius 3 is 2.65 bits per heavy atom. The van der Waals surface area contributed by atoms with Crippen molar-refractivity contribution in [3.05, 3.63) is 35.4 Å². The molecular weight excluding hydrogens is 258 g/mol. The van der Waals surface area contributed by atoms with Crippen LogP contribution in [0.25, 0.3) is 0 Å².